The van der Waals surface area contributed by atoms with Crippen molar-refractivity contribution in [1.29, 1.82) is 0 Å². The van der Waals surface area contributed by atoms with Gasteiger partial charge in [-0.05, 0) is 91.8 Å². The van der Waals surface area contributed by atoms with E-state index in [1.54, 1.807) is 51.4 Å². The zero-order valence-corrected chi connectivity index (χ0v) is 11.9. The average Bonchev–Trinajstić information content (AvgIpc) is 2.83. The molecule has 18 heavy (non-hydrogen) atoms. The molecule has 0 spiro atoms. The molecule has 5 aliphatic carbocycles. The van der Waals surface area contributed by atoms with Gasteiger partial charge in [0.1, 0.15) is 0 Å². The first kappa shape index (κ1) is 10.7. The van der Waals surface area contributed by atoms with Gasteiger partial charge in [0.25, 0.3) is 0 Å². The van der Waals surface area contributed by atoms with Crippen LogP contribution in [0.5, 0.6) is 0 Å². The van der Waals surface area contributed by atoms with Crippen LogP contribution in [0.2, 0.25) is 0 Å². The number of fused-ring (bicyclic) bond motifs is 3. The van der Waals surface area contributed by atoms with Crippen LogP contribution in [0, 0.1) is 53.3 Å². The van der Waals surface area contributed by atoms with Crippen molar-refractivity contribution in [1.82, 2.24) is 0 Å². The van der Waals surface area contributed by atoms with Gasteiger partial charge in [0.05, 0.1) is 0 Å². The molecule has 8 unspecified atom stereocenters. The van der Waals surface area contributed by atoms with Crippen LogP contribution in [0.3, 0.4) is 0 Å². The molecule has 0 aromatic carbocycles. The Kier molecular flexibility index (Phi) is 2.12. The molecule has 0 saturated heterocycles. The van der Waals surface area contributed by atoms with Crippen LogP contribution in [-0.4, -0.2) is 0 Å². The summed E-state index contributed by atoms with van der Waals surface area (Å²) in [6.07, 6.45) is 12.9. The highest BCUT2D eigenvalue weighted by Crippen LogP contribution is 2.70. The zero-order valence-electron chi connectivity index (χ0n) is 11.9. The van der Waals surface area contributed by atoms with Gasteiger partial charge in [0, 0.05) is 0 Å². The molecule has 9 atom stereocenters. The molecule has 0 aliphatic heterocycles. The molecule has 0 aromatic rings. The van der Waals surface area contributed by atoms with Gasteiger partial charge in [0.15, 0.2) is 0 Å². The summed E-state index contributed by atoms with van der Waals surface area (Å²) in [4.78, 5) is 0. The molecule has 0 bridgehead atoms. The van der Waals surface area contributed by atoms with E-state index in [9.17, 15) is 0 Å². The average molecular weight is 244 g/mol. The fraction of sp³-hybridized carbons (Fsp3) is 1.00. The summed E-state index contributed by atoms with van der Waals surface area (Å²) in [6, 6.07) is 0. The minimum atomic E-state index is 1.05. The van der Waals surface area contributed by atoms with Crippen LogP contribution < -0.4 is 0 Å². The second-order valence-electron chi connectivity index (χ2n) is 8.65. The van der Waals surface area contributed by atoms with Crippen molar-refractivity contribution in [2.75, 3.05) is 0 Å². The Balaban J connectivity index is 1.49. The maximum Gasteiger partial charge on any atom is -0.0318 e. The summed E-state index contributed by atoms with van der Waals surface area (Å²) >= 11 is 0. The first-order valence-electron chi connectivity index (χ1n) is 8.83. The van der Waals surface area contributed by atoms with E-state index in [0.717, 1.165) is 11.8 Å². The SMILES string of the molecule is C[C@H]1CC2CCC3C4CCCC4CC4C(C1)C2C34. The predicted molar refractivity (Wildman–Crippen MR) is 74.0 cm³/mol. The summed E-state index contributed by atoms with van der Waals surface area (Å²) in [5.74, 6) is 10.6. The topological polar surface area (TPSA) is 0 Å². The van der Waals surface area contributed by atoms with E-state index in [1.165, 1.54) is 41.4 Å². The normalized spacial score (nSPS) is 64.8. The van der Waals surface area contributed by atoms with Crippen LogP contribution in [-0.2, 0) is 0 Å². The van der Waals surface area contributed by atoms with Crippen molar-refractivity contribution < 1.29 is 0 Å². The number of hydrogen-bond donors (Lipinski definition) is 0. The first-order valence-corrected chi connectivity index (χ1v) is 8.83. The Hall–Kier alpha value is 0. The minimum Gasteiger partial charge on any atom is -0.0625 e. The van der Waals surface area contributed by atoms with E-state index in [2.05, 4.69) is 6.92 Å². The molecule has 5 rings (SSSR count). The molecule has 100 valence electrons. The van der Waals surface area contributed by atoms with Crippen molar-refractivity contribution in [3.8, 4) is 0 Å². The lowest BCUT2D eigenvalue weighted by atomic mass is 9.37. The van der Waals surface area contributed by atoms with E-state index in [0.29, 0.717) is 0 Å². The van der Waals surface area contributed by atoms with E-state index in [4.69, 9.17) is 0 Å². The van der Waals surface area contributed by atoms with E-state index < -0.39 is 0 Å². The fourth-order valence-electron chi connectivity index (χ4n) is 7.84. The largest absolute Gasteiger partial charge is 0.0625 e. The standard InChI is InChI=1S/C18H28/c1-10-7-12-5-6-14-13-4-2-3-11(13)9-16-15(8-10)17(12)18(14)16/h10-18H,2-9H2,1H3/t10-,11?,12?,13?,14?,15?,16?,17?,18?/m0/s1. The molecule has 5 fully saturated rings. The van der Waals surface area contributed by atoms with Crippen molar-refractivity contribution in [2.24, 2.45) is 53.3 Å². The van der Waals surface area contributed by atoms with Gasteiger partial charge < -0.3 is 0 Å². The molecule has 0 nitrogen and oxygen atoms in total. The maximum atomic E-state index is 2.54. The van der Waals surface area contributed by atoms with Gasteiger partial charge in [-0.25, -0.2) is 0 Å². The van der Waals surface area contributed by atoms with Crippen LogP contribution in [0.4, 0.5) is 0 Å². The zero-order chi connectivity index (χ0) is 11.9. The van der Waals surface area contributed by atoms with Crippen molar-refractivity contribution in [3.63, 3.8) is 0 Å². The number of hydrogen-bond acceptors (Lipinski definition) is 0. The Morgan fingerprint density at radius 1 is 0.611 bits per heavy atom. The van der Waals surface area contributed by atoms with Crippen LogP contribution in [0.15, 0.2) is 0 Å². The fourth-order valence-corrected chi connectivity index (χ4v) is 7.84. The Morgan fingerprint density at radius 3 is 2.44 bits per heavy atom. The Labute approximate surface area is 112 Å². The van der Waals surface area contributed by atoms with Gasteiger partial charge in [-0.1, -0.05) is 19.8 Å². The van der Waals surface area contributed by atoms with E-state index in [-0.39, 0.29) is 0 Å². The molecule has 0 heterocycles. The third-order valence-electron chi connectivity index (χ3n) is 8.12. The molecule has 5 saturated carbocycles. The smallest absolute Gasteiger partial charge is 0.0318 e. The van der Waals surface area contributed by atoms with Gasteiger partial charge in [-0.15, -0.1) is 0 Å². The van der Waals surface area contributed by atoms with Crippen molar-refractivity contribution in [3.05, 3.63) is 0 Å². The van der Waals surface area contributed by atoms with E-state index in [1.807, 2.05) is 0 Å². The molecule has 5 aliphatic rings. The third kappa shape index (κ3) is 1.19. The summed E-state index contributed by atoms with van der Waals surface area (Å²) in [5, 5.41) is 0. The monoisotopic (exact) mass is 244 g/mol. The van der Waals surface area contributed by atoms with Crippen LogP contribution in [0.1, 0.15) is 58.3 Å². The Bertz CT molecular complexity index is 359. The molecular weight excluding hydrogens is 216 g/mol. The maximum absolute atomic E-state index is 2.54. The van der Waals surface area contributed by atoms with Gasteiger partial charge in [-0.2, -0.15) is 0 Å². The molecule has 0 amide bonds. The minimum absolute atomic E-state index is 1.05. The van der Waals surface area contributed by atoms with Gasteiger partial charge in [-0.3, -0.25) is 0 Å². The van der Waals surface area contributed by atoms with Crippen molar-refractivity contribution >= 4 is 0 Å². The molecule has 0 N–H and O–H groups in total. The van der Waals surface area contributed by atoms with Crippen LogP contribution >= 0.6 is 0 Å². The Morgan fingerprint density at radius 2 is 1.50 bits per heavy atom. The highest BCUT2D eigenvalue weighted by molar-refractivity contribution is 5.12. The predicted octanol–water partition coefficient (Wildman–Crippen LogP) is 4.74. The van der Waals surface area contributed by atoms with Crippen LogP contribution in [0.25, 0.3) is 0 Å². The van der Waals surface area contributed by atoms with Gasteiger partial charge in [0.2, 0.25) is 0 Å². The highest BCUT2D eigenvalue weighted by atomic mass is 14.7. The summed E-state index contributed by atoms with van der Waals surface area (Å²) in [6.45, 7) is 2.54. The quantitative estimate of drug-likeness (QED) is 0.577. The lowest BCUT2D eigenvalue weighted by molar-refractivity contribution is -0.198. The summed E-state index contributed by atoms with van der Waals surface area (Å²) in [7, 11) is 0. The second kappa shape index (κ2) is 3.55. The third-order valence-corrected chi connectivity index (χ3v) is 8.12. The molecule has 0 heteroatoms. The lowest BCUT2D eigenvalue weighted by Gasteiger charge is -2.68. The molecule has 0 radical (unpaired) electrons. The van der Waals surface area contributed by atoms with Crippen molar-refractivity contribution in [2.45, 2.75) is 58.3 Å². The number of rotatable bonds is 0. The van der Waals surface area contributed by atoms with E-state index >= 15 is 0 Å². The molecule has 0 aromatic heterocycles. The molecular formula is C18H28. The summed E-state index contributed by atoms with van der Waals surface area (Å²) < 4.78 is 0. The second-order valence-corrected chi connectivity index (χ2v) is 8.65. The van der Waals surface area contributed by atoms with Gasteiger partial charge >= 0.3 is 0 Å². The lowest BCUT2D eigenvalue weighted by Crippen LogP contribution is -2.62. The first-order chi connectivity index (χ1) is 8.83. The summed E-state index contributed by atoms with van der Waals surface area (Å²) in [5.41, 5.74) is 0. The highest BCUT2D eigenvalue weighted by Gasteiger charge is 2.63.